The summed E-state index contributed by atoms with van der Waals surface area (Å²) in [6.07, 6.45) is 1.80. The Kier molecular flexibility index (Phi) is 1.40. The second-order valence-electron chi connectivity index (χ2n) is 2.98. The number of aryl methyl sites for hydroxylation is 3. The van der Waals surface area contributed by atoms with E-state index in [1.165, 1.54) is 0 Å². The highest BCUT2D eigenvalue weighted by atomic mass is 15.1. The molecule has 0 radical (unpaired) electrons. The van der Waals surface area contributed by atoms with Crippen LogP contribution in [0.15, 0.2) is 12.3 Å². The third-order valence-electron chi connectivity index (χ3n) is 2.19. The number of fused-ring (bicyclic) bond motifs is 1. The molecule has 0 fully saturated rings. The lowest BCUT2D eigenvalue weighted by Gasteiger charge is -1.98. The third-order valence-corrected chi connectivity index (χ3v) is 2.19. The van der Waals surface area contributed by atoms with Crippen LogP contribution in [0.25, 0.3) is 11.0 Å². The molecule has 2 aromatic heterocycles. The molecule has 3 nitrogen and oxygen atoms in total. The van der Waals surface area contributed by atoms with E-state index in [-0.39, 0.29) is 0 Å². The molecule has 0 aliphatic rings. The molecule has 0 aromatic carbocycles. The molecule has 3 heteroatoms. The normalized spacial score (nSPS) is 10.9. The molecule has 0 atom stereocenters. The van der Waals surface area contributed by atoms with Crippen molar-refractivity contribution in [3.63, 3.8) is 0 Å². The summed E-state index contributed by atoms with van der Waals surface area (Å²) in [5.74, 6) is 1.03. The van der Waals surface area contributed by atoms with Gasteiger partial charge in [0.1, 0.15) is 5.82 Å². The molecule has 0 aliphatic heterocycles. The molecule has 2 aromatic rings. The van der Waals surface area contributed by atoms with E-state index in [0.29, 0.717) is 0 Å². The Morgan fingerprint density at radius 1 is 1.33 bits per heavy atom. The maximum Gasteiger partial charge on any atom is 0.106 e. The van der Waals surface area contributed by atoms with Gasteiger partial charge in [-0.25, -0.2) is 4.98 Å². The lowest BCUT2D eigenvalue weighted by Crippen LogP contribution is -1.93. The Labute approximate surface area is 71.1 Å². The molecule has 0 spiro atoms. The maximum absolute atomic E-state index is 4.40. The third kappa shape index (κ3) is 0.826. The fourth-order valence-corrected chi connectivity index (χ4v) is 1.46. The first-order chi connectivity index (χ1) is 5.70. The fourth-order valence-electron chi connectivity index (χ4n) is 1.46. The molecule has 0 amide bonds. The van der Waals surface area contributed by atoms with Gasteiger partial charge in [0.2, 0.25) is 0 Å². The van der Waals surface area contributed by atoms with Crippen molar-refractivity contribution in [3.05, 3.63) is 23.8 Å². The lowest BCUT2D eigenvalue weighted by molar-refractivity contribution is 0.880. The minimum absolute atomic E-state index is 1.03. The van der Waals surface area contributed by atoms with Gasteiger partial charge in [-0.05, 0) is 19.9 Å². The minimum Gasteiger partial charge on any atom is -0.330 e. The van der Waals surface area contributed by atoms with Crippen molar-refractivity contribution in [2.45, 2.75) is 13.8 Å². The largest absolute Gasteiger partial charge is 0.330 e. The number of hydrogen-bond donors (Lipinski definition) is 0. The summed E-state index contributed by atoms with van der Waals surface area (Å²) in [5.41, 5.74) is 3.20. The summed E-state index contributed by atoms with van der Waals surface area (Å²) in [6.45, 7) is 4.00. The van der Waals surface area contributed by atoms with E-state index in [0.717, 1.165) is 22.6 Å². The average molecular weight is 161 g/mol. The molecule has 0 N–H and O–H groups in total. The predicted molar refractivity (Wildman–Crippen MR) is 48.0 cm³/mol. The first-order valence-electron chi connectivity index (χ1n) is 3.95. The smallest absolute Gasteiger partial charge is 0.106 e. The van der Waals surface area contributed by atoms with Gasteiger partial charge in [-0.2, -0.15) is 0 Å². The van der Waals surface area contributed by atoms with Gasteiger partial charge in [0.25, 0.3) is 0 Å². The van der Waals surface area contributed by atoms with E-state index in [9.17, 15) is 0 Å². The summed E-state index contributed by atoms with van der Waals surface area (Å²) < 4.78 is 2.07. The number of pyridine rings is 1. The molecule has 12 heavy (non-hydrogen) atoms. The van der Waals surface area contributed by atoms with Crippen molar-refractivity contribution in [2.24, 2.45) is 7.05 Å². The molecule has 0 saturated carbocycles. The van der Waals surface area contributed by atoms with Crippen molar-refractivity contribution < 1.29 is 0 Å². The van der Waals surface area contributed by atoms with Crippen molar-refractivity contribution in [2.75, 3.05) is 0 Å². The minimum atomic E-state index is 1.03. The van der Waals surface area contributed by atoms with Gasteiger partial charge < -0.3 is 4.57 Å². The van der Waals surface area contributed by atoms with Crippen LogP contribution in [0.1, 0.15) is 11.5 Å². The zero-order chi connectivity index (χ0) is 8.72. The summed E-state index contributed by atoms with van der Waals surface area (Å²) in [6, 6.07) is 1.94. The molecule has 2 rings (SSSR count). The Hall–Kier alpha value is -1.38. The predicted octanol–water partition coefficient (Wildman–Crippen LogP) is 1.59. The Morgan fingerprint density at radius 3 is 2.75 bits per heavy atom. The standard InChI is InChI=1S/C9H11N3/c1-6-9-8(4-5-10-6)11-7(2)12(9)3/h4-5H,1-3H3. The van der Waals surface area contributed by atoms with E-state index in [4.69, 9.17) is 0 Å². The Morgan fingerprint density at radius 2 is 2.08 bits per heavy atom. The summed E-state index contributed by atoms with van der Waals surface area (Å²) >= 11 is 0. The van der Waals surface area contributed by atoms with Gasteiger partial charge in [0, 0.05) is 13.2 Å². The van der Waals surface area contributed by atoms with E-state index in [1.54, 1.807) is 6.20 Å². The van der Waals surface area contributed by atoms with Crippen molar-refractivity contribution in [1.29, 1.82) is 0 Å². The van der Waals surface area contributed by atoms with Crippen molar-refractivity contribution >= 4 is 11.0 Å². The number of aromatic nitrogens is 3. The van der Waals surface area contributed by atoms with Crippen LogP contribution >= 0.6 is 0 Å². The van der Waals surface area contributed by atoms with E-state index in [1.807, 2.05) is 27.0 Å². The zero-order valence-electron chi connectivity index (χ0n) is 7.50. The summed E-state index contributed by atoms with van der Waals surface area (Å²) in [7, 11) is 2.01. The first-order valence-corrected chi connectivity index (χ1v) is 3.95. The SMILES string of the molecule is Cc1nccc2nc(C)n(C)c12. The monoisotopic (exact) mass is 161 g/mol. The van der Waals surface area contributed by atoms with Crippen LogP contribution in [0, 0.1) is 13.8 Å². The molecule has 62 valence electrons. The molecule has 0 saturated heterocycles. The number of hydrogen-bond acceptors (Lipinski definition) is 2. The topological polar surface area (TPSA) is 30.7 Å². The maximum atomic E-state index is 4.40. The Balaban J connectivity index is 2.97. The van der Waals surface area contributed by atoms with Gasteiger partial charge in [-0.3, -0.25) is 4.98 Å². The van der Waals surface area contributed by atoms with Crippen molar-refractivity contribution in [3.8, 4) is 0 Å². The van der Waals surface area contributed by atoms with Crippen LogP contribution in [0.4, 0.5) is 0 Å². The molecular weight excluding hydrogens is 150 g/mol. The lowest BCUT2D eigenvalue weighted by atomic mass is 10.3. The molecule has 0 aliphatic carbocycles. The molecule has 2 heterocycles. The first kappa shape index (κ1) is 7.28. The van der Waals surface area contributed by atoms with Gasteiger partial charge in [0.15, 0.2) is 0 Å². The van der Waals surface area contributed by atoms with Gasteiger partial charge in [-0.1, -0.05) is 0 Å². The van der Waals surface area contributed by atoms with Gasteiger partial charge in [-0.15, -0.1) is 0 Å². The second-order valence-corrected chi connectivity index (χ2v) is 2.98. The zero-order valence-corrected chi connectivity index (χ0v) is 7.50. The van der Waals surface area contributed by atoms with E-state index >= 15 is 0 Å². The van der Waals surface area contributed by atoms with Crippen LogP contribution < -0.4 is 0 Å². The quantitative estimate of drug-likeness (QED) is 0.587. The number of nitrogens with zero attached hydrogens (tertiary/aromatic N) is 3. The average Bonchev–Trinajstić information content (AvgIpc) is 2.29. The van der Waals surface area contributed by atoms with Gasteiger partial charge in [0.05, 0.1) is 16.7 Å². The summed E-state index contributed by atoms with van der Waals surface area (Å²) in [4.78, 5) is 8.62. The second kappa shape index (κ2) is 2.30. The molecular formula is C9H11N3. The fraction of sp³-hybridized carbons (Fsp3) is 0.333. The van der Waals surface area contributed by atoms with Gasteiger partial charge >= 0.3 is 0 Å². The highest BCUT2D eigenvalue weighted by Gasteiger charge is 2.05. The van der Waals surface area contributed by atoms with Crippen LogP contribution in [0.5, 0.6) is 0 Å². The van der Waals surface area contributed by atoms with Crippen LogP contribution in [0.2, 0.25) is 0 Å². The van der Waals surface area contributed by atoms with E-state index < -0.39 is 0 Å². The summed E-state index contributed by atoms with van der Waals surface area (Å²) in [5, 5.41) is 0. The van der Waals surface area contributed by atoms with Crippen LogP contribution in [-0.2, 0) is 7.05 Å². The van der Waals surface area contributed by atoms with Crippen molar-refractivity contribution in [1.82, 2.24) is 14.5 Å². The highest BCUT2D eigenvalue weighted by molar-refractivity contribution is 5.77. The number of imidazole rings is 1. The van der Waals surface area contributed by atoms with E-state index in [2.05, 4.69) is 14.5 Å². The number of rotatable bonds is 0. The Bertz CT molecular complexity index is 429. The molecule has 0 unspecified atom stereocenters. The van der Waals surface area contributed by atoms with Crippen LogP contribution in [0.3, 0.4) is 0 Å². The molecule has 0 bridgehead atoms. The van der Waals surface area contributed by atoms with Crippen LogP contribution in [-0.4, -0.2) is 14.5 Å². The highest BCUT2D eigenvalue weighted by Crippen LogP contribution is 2.15.